The molecule has 1 aromatic carbocycles. The number of allylic oxidation sites excluding steroid dienone is 1. The normalized spacial score (nSPS) is 9.23. The Hall–Kier alpha value is -1.50. The fourth-order valence-electron chi connectivity index (χ4n) is 1.05. The van der Waals surface area contributed by atoms with Crippen molar-refractivity contribution in [3.8, 4) is 5.75 Å². The van der Waals surface area contributed by atoms with Gasteiger partial charge in [0.1, 0.15) is 12.4 Å². The molecule has 0 atom stereocenters. The van der Waals surface area contributed by atoms with Gasteiger partial charge >= 0.3 is 0 Å². The van der Waals surface area contributed by atoms with Crippen molar-refractivity contribution in [3.63, 3.8) is 0 Å². The Morgan fingerprint density at radius 1 is 1.38 bits per heavy atom. The Bertz CT molecular complexity index is 289. The van der Waals surface area contributed by atoms with Crippen LogP contribution in [0.25, 0.3) is 0 Å². The van der Waals surface area contributed by atoms with Crippen LogP contribution in [-0.2, 0) is 6.42 Å². The number of hydrogen-bond acceptors (Lipinski definition) is 1. The molecule has 0 saturated heterocycles. The quantitative estimate of drug-likeness (QED) is 0.622. The van der Waals surface area contributed by atoms with Gasteiger partial charge < -0.3 is 4.74 Å². The lowest BCUT2D eigenvalue weighted by atomic mass is 10.1. The van der Waals surface area contributed by atoms with E-state index in [1.54, 1.807) is 6.08 Å². The maximum absolute atomic E-state index is 5.42. The van der Waals surface area contributed by atoms with Gasteiger partial charge in [0, 0.05) is 6.07 Å². The zero-order valence-electron chi connectivity index (χ0n) is 7.62. The molecule has 0 fully saturated rings. The lowest BCUT2D eigenvalue weighted by Gasteiger charge is -2.07. The van der Waals surface area contributed by atoms with Gasteiger partial charge in [0.15, 0.2) is 0 Å². The first-order valence-corrected chi connectivity index (χ1v) is 4.22. The Morgan fingerprint density at radius 3 is 2.92 bits per heavy atom. The van der Waals surface area contributed by atoms with E-state index < -0.39 is 0 Å². The van der Waals surface area contributed by atoms with Gasteiger partial charge in [-0.05, 0) is 12.0 Å². The molecule has 0 aromatic heterocycles. The molecule has 1 radical (unpaired) electrons. The van der Waals surface area contributed by atoms with E-state index in [9.17, 15) is 0 Å². The monoisotopic (exact) mass is 173 g/mol. The minimum atomic E-state index is 0.519. The van der Waals surface area contributed by atoms with Gasteiger partial charge in [0.05, 0.1) is 0 Å². The van der Waals surface area contributed by atoms with Crippen molar-refractivity contribution in [2.24, 2.45) is 0 Å². The molecular formula is C12H13O. The van der Waals surface area contributed by atoms with Crippen molar-refractivity contribution in [2.75, 3.05) is 6.61 Å². The van der Waals surface area contributed by atoms with Gasteiger partial charge in [-0.3, -0.25) is 0 Å². The van der Waals surface area contributed by atoms with E-state index in [-0.39, 0.29) is 0 Å². The molecule has 13 heavy (non-hydrogen) atoms. The molecule has 0 bridgehead atoms. The van der Waals surface area contributed by atoms with E-state index in [1.165, 1.54) is 0 Å². The number of hydrogen-bond donors (Lipinski definition) is 0. The van der Waals surface area contributed by atoms with E-state index in [4.69, 9.17) is 4.74 Å². The van der Waals surface area contributed by atoms with Crippen molar-refractivity contribution in [3.05, 3.63) is 55.1 Å². The molecule has 1 aromatic rings. The van der Waals surface area contributed by atoms with Crippen LogP contribution in [0.5, 0.6) is 5.75 Å². The fraction of sp³-hybridized carbons (Fsp3) is 0.167. The van der Waals surface area contributed by atoms with Gasteiger partial charge in [0.2, 0.25) is 0 Å². The van der Waals surface area contributed by atoms with Crippen LogP contribution in [0.2, 0.25) is 0 Å². The molecule has 0 aliphatic rings. The SMILES string of the molecule is C=CCOc1[c]cccc1CC=C. The third kappa shape index (κ3) is 2.79. The Morgan fingerprint density at radius 2 is 2.23 bits per heavy atom. The van der Waals surface area contributed by atoms with Crippen LogP contribution in [0, 0.1) is 6.07 Å². The zero-order valence-corrected chi connectivity index (χ0v) is 7.62. The van der Waals surface area contributed by atoms with Crippen LogP contribution >= 0.6 is 0 Å². The molecule has 0 heterocycles. The second-order valence-corrected chi connectivity index (χ2v) is 2.62. The first-order chi connectivity index (χ1) is 6.38. The molecule has 0 saturated carbocycles. The fourth-order valence-corrected chi connectivity index (χ4v) is 1.05. The van der Waals surface area contributed by atoms with Gasteiger partial charge in [-0.15, -0.1) is 6.58 Å². The van der Waals surface area contributed by atoms with Crippen LogP contribution < -0.4 is 4.74 Å². The molecule has 0 spiro atoms. The summed E-state index contributed by atoms with van der Waals surface area (Å²) < 4.78 is 5.42. The number of rotatable bonds is 5. The predicted molar refractivity (Wildman–Crippen MR) is 54.9 cm³/mol. The predicted octanol–water partition coefficient (Wildman–Crippen LogP) is 2.78. The second-order valence-electron chi connectivity index (χ2n) is 2.62. The minimum Gasteiger partial charge on any atom is -0.489 e. The molecule has 1 heteroatoms. The van der Waals surface area contributed by atoms with Crippen molar-refractivity contribution in [1.82, 2.24) is 0 Å². The maximum Gasteiger partial charge on any atom is 0.131 e. The molecule has 67 valence electrons. The standard InChI is InChI=1S/C12H13O/c1-3-7-11-8-5-6-9-12(11)13-10-4-2/h3-6,8H,1-2,7,10H2. The Labute approximate surface area is 79.4 Å². The van der Waals surface area contributed by atoms with E-state index >= 15 is 0 Å². The average molecular weight is 173 g/mol. The van der Waals surface area contributed by atoms with Crippen LogP contribution in [-0.4, -0.2) is 6.61 Å². The highest BCUT2D eigenvalue weighted by molar-refractivity contribution is 5.33. The van der Waals surface area contributed by atoms with Gasteiger partial charge in [0.25, 0.3) is 0 Å². The van der Waals surface area contributed by atoms with Crippen LogP contribution in [0.1, 0.15) is 5.56 Å². The smallest absolute Gasteiger partial charge is 0.131 e. The number of para-hydroxylation sites is 1. The summed E-state index contributed by atoms with van der Waals surface area (Å²) in [6, 6.07) is 8.83. The molecular weight excluding hydrogens is 160 g/mol. The summed E-state index contributed by atoms with van der Waals surface area (Å²) in [7, 11) is 0. The van der Waals surface area contributed by atoms with Gasteiger partial charge in [-0.2, -0.15) is 0 Å². The molecule has 0 aliphatic heterocycles. The molecule has 0 aliphatic carbocycles. The first-order valence-electron chi connectivity index (χ1n) is 4.22. The summed E-state index contributed by atoms with van der Waals surface area (Å²) in [6.45, 7) is 7.80. The molecule has 1 nitrogen and oxygen atoms in total. The van der Waals surface area contributed by atoms with Gasteiger partial charge in [-0.1, -0.05) is 36.9 Å². The first kappa shape index (κ1) is 9.59. The van der Waals surface area contributed by atoms with Crippen LogP contribution in [0.3, 0.4) is 0 Å². The van der Waals surface area contributed by atoms with Crippen molar-refractivity contribution in [2.45, 2.75) is 6.42 Å². The third-order valence-electron chi connectivity index (χ3n) is 1.61. The second kappa shape index (κ2) is 5.20. The third-order valence-corrected chi connectivity index (χ3v) is 1.61. The van der Waals surface area contributed by atoms with Crippen LogP contribution in [0.4, 0.5) is 0 Å². The van der Waals surface area contributed by atoms with E-state index in [1.807, 2.05) is 24.3 Å². The zero-order chi connectivity index (χ0) is 9.52. The number of benzene rings is 1. The summed E-state index contributed by atoms with van der Waals surface area (Å²) in [5.74, 6) is 0.794. The highest BCUT2D eigenvalue weighted by atomic mass is 16.5. The minimum absolute atomic E-state index is 0.519. The summed E-state index contributed by atoms with van der Waals surface area (Å²) >= 11 is 0. The Balaban J connectivity index is 2.77. The molecule has 0 amide bonds. The topological polar surface area (TPSA) is 9.23 Å². The Kier molecular flexibility index (Phi) is 3.83. The number of ether oxygens (including phenoxy) is 1. The van der Waals surface area contributed by atoms with E-state index in [0.717, 1.165) is 17.7 Å². The highest BCUT2D eigenvalue weighted by Crippen LogP contribution is 2.17. The summed E-state index contributed by atoms with van der Waals surface area (Å²) in [5, 5.41) is 0. The van der Waals surface area contributed by atoms with Crippen molar-refractivity contribution < 1.29 is 4.74 Å². The molecule has 0 unspecified atom stereocenters. The highest BCUT2D eigenvalue weighted by Gasteiger charge is 1.99. The van der Waals surface area contributed by atoms with Crippen LogP contribution in [0.15, 0.2) is 43.5 Å². The largest absolute Gasteiger partial charge is 0.489 e. The van der Waals surface area contributed by atoms with Crippen molar-refractivity contribution >= 4 is 0 Å². The molecule has 1 rings (SSSR count). The summed E-state index contributed by atoms with van der Waals surface area (Å²) in [4.78, 5) is 0. The summed E-state index contributed by atoms with van der Waals surface area (Å²) in [5.41, 5.74) is 1.11. The van der Waals surface area contributed by atoms with E-state index in [0.29, 0.717) is 6.61 Å². The molecule has 0 N–H and O–H groups in total. The van der Waals surface area contributed by atoms with Gasteiger partial charge in [-0.25, -0.2) is 0 Å². The van der Waals surface area contributed by atoms with Crippen molar-refractivity contribution in [1.29, 1.82) is 0 Å². The lowest BCUT2D eigenvalue weighted by Crippen LogP contribution is -1.96. The van der Waals surface area contributed by atoms with E-state index in [2.05, 4.69) is 19.2 Å². The lowest BCUT2D eigenvalue weighted by molar-refractivity contribution is 0.359. The average Bonchev–Trinajstić information content (AvgIpc) is 2.17. The maximum atomic E-state index is 5.42. The summed E-state index contributed by atoms with van der Waals surface area (Å²) in [6.07, 6.45) is 4.38.